The van der Waals surface area contributed by atoms with Crippen molar-refractivity contribution in [1.82, 2.24) is 5.32 Å². The lowest BCUT2D eigenvalue weighted by atomic mass is 9.94. The van der Waals surface area contributed by atoms with E-state index in [0.29, 0.717) is 24.1 Å². The van der Waals surface area contributed by atoms with Crippen LogP contribution >= 0.6 is 11.6 Å². The maximum atomic E-state index is 5.93. The van der Waals surface area contributed by atoms with Gasteiger partial charge in [0.1, 0.15) is 0 Å². The second kappa shape index (κ2) is 6.74. The number of nitrogens with one attached hydrogen (secondary N) is 1. The Morgan fingerprint density at radius 2 is 1.89 bits per heavy atom. The Balaban J connectivity index is 1.91. The Morgan fingerprint density at radius 3 is 2.53 bits per heavy atom. The third-order valence-electron chi connectivity index (χ3n) is 3.91. The Kier molecular flexibility index (Phi) is 5.26. The van der Waals surface area contributed by atoms with Crippen molar-refractivity contribution in [1.29, 1.82) is 0 Å². The van der Waals surface area contributed by atoms with E-state index in [-0.39, 0.29) is 0 Å². The molecule has 0 aromatic heterocycles. The van der Waals surface area contributed by atoms with Crippen molar-refractivity contribution in [2.75, 3.05) is 6.61 Å². The first-order chi connectivity index (χ1) is 9.06. The molecule has 3 heteroatoms. The summed E-state index contributed by atoms with van der Waals surface area (Å²) in [5.41, 5.74) is 1.29. The second-order valence-electron chi connectivity index (χ2n) is 5.81. The highest BCUT2D eigenvalue weighted by Crippen LogP contribution is 2.23. The van der Waals surface area contributed by atoms with Crippen molar-refractivity contribution in [2.24, 2.45) is 5.92 Å². The molecule has 2 unspecified atom stereocenters. The third kappa shape index (κ3) is 4.20. The molecule has 1 N–H and O–H groups in total. The van der Waals surface area contributed by atoms with Crippen LogP contribution in [0.5, 0.6) is 0 Å². The van der Waals surface area contributed by atoms with Gasteiger partial charge in [-0.1, -0.05) is 37.6 Å². The summed E-state index contributed by atoms with van der Waals surface area (Å²) in [6, 6.07) is 9.00. The number of halogens is 1. The fourth-order valence-electron chi connectivity index (χ4n) is 2.65. The summed E-state index contributed by atoms with van der Waals surface area (Å²) in [4.78, 5) is 0. The van der Waals surface area contributed by atoms with Crippen LogP contribution in [0.1, 0.15) is 45.2 Å². The van der Waals surface area contributed by atoms with Crippen molar-refractivity contribution in [3.05, 3.63) is 34.9 Å². The van der Waals surface area contributed by atoms with Gasteiger partial charge in [0, 0.05) is 23.7 Å². The zero-order valence-electron chi connectivity index (χ0n) is 12.0. The molecule has 0 radical (unpaired) electrons. The van der Waals surface area contributed by atoms with Gasteiger partial charge in [-0.15, -0.1) is 0 Å². The molecule has 0 saturated carbocycles. The van der Waals surface area contributed by atoms with E-state index in [0.717, 1.165) is 24.5 Å². The van der Waals surface area contributed by atoms with Crippen molar-refractivity contribution in [3.63, 3.8) is 0 Å². The standard InChI is InChI=1S/C16H24ClNO/c1-11(2)16-10-15(8-9-19-16)18-12(3)13-4-6-14(17)7-5-13/h4-7,11-12,15-16,18H,8-10H2,1-3H3/t12-,15?,16?/m0/s1. The largest absolute Gasteiger partial charge is 0.378 e. The van der Waals surface area contributed by atoms with Gasteiger partial charge in [-0.2, -0.15) is 0 Å². The minimum absolute atomic E-state index is 0.355. The van der Waals surface area contributed by atoms with Gasteiger partial charge >= 0.3 is 0 Å². The minimum atomic E-state index is 0.355. The molecule has 106 valence electrons. The van der Waals surface area contributed by atoms with E-state index in [1.807, 2.05) is 12.1 Å². The number of benzene rings is 1. The third-order valence-corrected chi connectivity index (χ3v) is 4.17. The molecule has 19 heavy (non-hydrogen) atoms. The summed E-state index contributed by atoms with van der Waals surface area (Å²) in [5.74, 6) is 0.593. The second-order valence-corrected chi connectivity index (χ2v) is 6.25. The van der Waals surface area contributed by atoms with E-state index in [4.69, 9.17) is 16.3 Å². The fourth-order valence-corrected chi connectivity index (χ4v) is 2.77. The predicted octanol–water partition coefficient (Wildman–Crippen LogP) is 4.19. The van der Waals surface area contributed by atoms with Crippen LogP contribution < -0.4 is 5.32 Å². The van der Waals surface area contributed by atoms with Crippen LogP contribution in [0.15, 0.2) is 24.3 Å². The molecular weight excluding hydrogens is 258 g/mol. The number of hydrogen-bond donors (Lipinski definition) is 1. The fraction of sp³-hybridized carbons (Fsp3) is 0.625. The smallest absolute Gasteiger partial charge is 0.0612 e. The van der Waals surface area contributed by atoms with Crippen LogP contribution in [0.25, 0.3) is 0 Å². The maximum Gasteiger partial charge on any atom is 0.0612 e. The average molecular weight is 282 g/mol. The van der Waals surface area contributed by atoms with Crippen LogP contribution in [0.2, 0.25) is 5.02 Å². The first kappa shape index (κ1) is 14.8. The number of hydrogen-bond acceptors (Lipinski definition) is 2. The molecule has 1 aliphatic rings. The molecule has 1 fully saturated rings. The Morgan fingerprint density at radius 1 is 1.21 bits per heavy atom. The highest BCUT2D eigenvalue weighted by Gasteiger charge is 2.25. The maximum absolute atomic E-state index is 5.93. The number of ether oxygens (including phenoxy) is 1. The van der Waals surface area contributed by atoms with E-state index >= 15 is 0 Å². The lowest BCUT2D eigenvalue weighted by molar-refractivity contribution is -0.0256. The molecule has 1 aromatic carbocycles. The van der Waals surface area contributed by atoms with E-state index in [9.17, 15) is 0 Å². The summed E-state index contributed by atoms with van der Waals surface area (Å²) in [6.07, 6.45) is 2.60. The molecule has 0 bridgehead atoms. The Labute approximate surface area is 121 Å². The monoisotopic (exact) mass is 281 g/mol. The van der Waals surface area contributed by atoms with Crippen molar-refractivity contribution in [3.8, 4) is 0 Å². The Hall–Kier alpha value is -0.570. The molecule has 1 saturated heterocycles. The molecule has 2 rings (SSSR count). The van der Waals surface area contributed by atoms with Gasteiger partial charge in [-0.05, 0) is 43.4 Å². The van der Waals surface area contributed by atoms with Crippen LogP contribution in [0.4, 0.5) is 0 Å². The lowest BCUT2D eigenvalue weighted by Crippen LogP contribution is -2.41. The summed E-state index contributed by atoms with van der Waals surface area (Å²) in [5, 5.41) is 4.51. The van der Waals surface area contributed by atoms with E-state index in [1.54, 1.807) is 0 Å². The average Bonchev–Trinajstić information content (AvgIpc) is 2.39. The molecular formula is C16H24ClNO. The Bertz CT molecular complexity index is 390. The molecule has 0 spiro atoms. The zero-order chi connectivity index (χ0) is 13.8. The summed E-state index contributed by atoms with van der Waals surface area (Å²) in [7, 11) is 0. The molecule has 0 aliphatic carbocycles. The first-order valence-electron chi connectivity index (χ1n) is 7.19. The zero-order valence-corrected chi connectivity index (χ0v) is 12.8. The van der Waals surface area contributed by atoms with E-state index in [1.165, 1.54) is 5.56 Å². The van der Waals surface area contributed by atoms with Gasteiger partial charge in [0.05, 0.1) is 6.10 Å². The number of rotatable bonds is 4. The molecule has 1 aliphatic heterocycles. The van der Waals surface area contributed by atoms with Gasteiger partial charge in [-0.25, -0.2) is 0 Å². The quantitative estimate of drug-likeness (QED) is 0.893. The van der Waals surface area contributed by atoms with Gasteiger partial charge in [-0.3, -0.25) is 0 Å². The minimum Gasteiger partial charge on any atom is -0.378 e. The first-order valence-corrected chi connectivity index (χ1v) is 7.57. The SMILES string of the molecule is CC(C)C1CC(N[C@@H](C)c2ccc(Cl)cc2)CCO1. The molecule has 1 aromatic rings. The van der Waals surface area contributed by atoms with Gasteiger partial charge < -0.3 is 10.1 Å². The van der Waals surface area contributed by atoms with Gasteiger partial charge in [0.2, 0.25) is 0 Å². The summed E-state index contributed by atoms with van der Waals surface area (Å²) >= 11 is 5.93. The molecule has 1 heterocycles. The molecule has 2 nitrogen and oxygen atoms in total. The highest BCUT2D eigenvalue weighted by atomic mass is 35.5. The summed E-state index contributed by atoms with van der Waals surface area (Å²) in [6.45, 7) is 7.54. The van der Waals surface area contributed by atoms with E-state index < -0.39 is 0 Å². The van der Waals surface area contributed by atoms with Crippen LogP contribution in [-0.2, 0) is 4.74 Å². The molecule has 0 amide bonds. The van der Waals surface area contributed by atoms with Crippen molar-refractivity contribution < 1.29 is 4.74 Å². The highest BCUT2D eigenvalue weighted by molar-refractivity contribution is 6.30. The molecule has 3 atom stereocenters. The summed E-state index contributed by atoms with van der Waals surface area (Å²) < 4.78 is 5.82. The topological polar surface area (TPSA) is 21.3 Å². The lowest BCUT2D eigenvalue weighted by Gasteiger charge is -2.34. The predicted molar refractivity (Wildman–Crippen MR) is 80.6 cm³/mol. The van der Waals surface area contributed by atoms with E-state index in [2.05, 4.69) is 38.2 Å². The van der Waals surface area contributed by atoms with Gasteiger partial charge in [0.25, 0.3) is 0 Å². The van der Waals surface area contributed by atoms with Crippen molar-refractivity contribution >= 4 is 11.6 Å². The van der Waals surface area contributed by atoms with Gasteiger partial charge in [0.15, 0.2) is 0 Å². The van der Waals surface area contributed by atoms with Crippen LogP contribution in [0, 0.1) is 5.92 Å². The van der Waals surface area contributed by atoms with Crippen LogP contribution in [-0.4, -0.2) is 18.8 Å². The van der Waals surface area contributed by atoms with Crippen LogP contribution in [0.3, 0.4) is 0 Å². The normalized spacial score (nSPS) is 25.5. The van der Waals surface area contributed by atoms with Crippen molar-refractivity contribution in [2.45, 2.75) is 51.8 Å².